The van der Waals surface area contributed by atoms with Crippen LogP contribution in [0, 0.1) is 19.3 Å². The van der Waals surface area contributed by atoms with Crippen molar-refractivity contribution >= 4 is 5.91 Å². The van der Waals surface area contributed by atoms with E-state index in [1.165, 1.54) is 0 Å². The number of aryl methyl sites for hydroxylation is 2. The van der Waals surface area contributed by atoms with Crippen LogP contribution in [0.25, 0.3) is 0 Å². The van der Waals surface area contributed by atoms with Gasteiger partial charge in [-0.3, -0.25) is 9.78 Å². The van der Waals surface area contributed by atoms with E-state index in [-0.39, 0.29) is 23.1 Å². The van der Waals surface area contributed by atoms with Crippen LogP contribution in [0.4, 0.5) is 0 Å². The molecule has 0 aliphatic rings. The van der Waals surface area contributed by atoms with Gasteiger partial charge in [-0.15, -0.1) is 0 Å². The first-order valence-electron chi connectivity index (χ1n) is 7.41. The number of carbonyl (C=O) groups excluding carboxylic acids is 1. The highest BCUT2D eigenvalue weighted by Gasteiger charge is 2.25. The molecule has 2 heterocycles. The predicted molar refractivity (Wildman–Crippen MR) is 84.5 cm³/mol. The molecule has 1 amide bonds. The minimum Gasteiger partial charge on any atom is -0.436 e. The molecule has 0 fully saturated rings. The minimum atomic E-state index is -0.240. The average molecular weight is 301 g/mol. The zero-order chi connectivity index (χ0) is 16.3. The molecule has 2 aromatic heterocycles. The van der Waals surface area contributed by atoms with Gasteiger partial charge in [-0.05, 0) is 30.4 Å². The molecular formula is C17H23N3O2. The van der Waals surface area contributed by atoms with Gasteiger partial charge >= 0.3 is 0 Å². The lowest BCUT2D eigenvalue weighted by molar-refractivity contribution is 0.0896. The first-order chi connectivity index (χ1) is 10.3. The van der Waals surface area contributed by atoms with Gasteiger partial charge in [0.15, 0.2) is 5.89 Å². The molecule has 0 aliphatic heterocycles. The van der Waals surface area contributed by atoms with Gasteiger partial charge in [0.1, 0.15) is 0 Å². The number of hydrogen-bond acceptors (Lipinski definition) is 4. The second-order valence-corrected chi connectivity index (χ2v) is 6.72. The topological polar surface area (TPSA) is 68.0 Å². The van der Waals surface area contributed by atoms with Gasteiger partial charge in [0.05, 0.1) is 11.7 Å². The van der Waals surface area contributed by atoms with E-state index in [9.17, 15) is 4.79 Å². The lowest BCUT2D eigenvalue weighted by Crippen LogP contribution is -2.31. The van der Waals surface area contributed by atoms with E-state index in [0.717, 1.165) is 12.0 Å². The van der Waals surface area contributed by atoms with Crippen molar-refractivity contribution in [2.75, 3.05) is 0 Å². The zero-order valence-corrected chi connectivity index (χ0v) is 13.8. The van der Waals surface area contributed by atoms with Crippen LogP contribution in [0.3, 0.4) is 0 Å². The van der Waals surface area contributed by atoms with Gasteiger partial charge in [-0.1, -0.05) is 26.8 Å². The summed E-state index contributed by atoms with van der Waals surface area (Å²) in [4.78, 5) is 20.8. The van der Waals surface area contributed by atoms with E-state index in [2.05, 4.69) is 36.1 Å². The molecule has 5 heteroatoms. The molecule has 0 aliphatic carbocycles. The number of carbonyl (C=O) groups is 1. The van der Waals surface area contributed by atoms with Gasteiger partial charge in [-0.2, -0.15) is 0 Å². The highest BCUT2D eigenvalue weighted by atomic mass is 16.4. The second-order valence-electron chi connectivity index (χ2n) is 6.72. The van der Waals surface area contributed by atoms with Crippen LogP contribution in [0.1, 0.15) is 60.9 Å². The number of aromatic nitrogens is 2. The normalized spacial score (nSPS) is 13.0. The van der Waals surface area contributed by atoms with Crippen molar-refractivity contribution in [2.24, 2.45) is 5.41 Å². The monoisotopic (exact) mass is 301 g/mol. The Morgan fingerprint density at radius 1 is 1.36 bits per heavy atom. The molecular weight excluding hydrogens is 278 g/mol. The van der Waals surface area contributed by atoms with Crippen molar-refractivity contribution in [3.8, 4) is 0 Å². The summed E-state index contributed by atoms with van der Waals surface area (Å²) in [5, 5.41) is 3.05. The van der Waals surface area contributed by atoms with Crippen LogP contribution >= 0.6 is 0 Å². The number of oxazole rings is 1. The Kier molecular flexibility index (Phi) is 4.64. The molecule has 0 spiro atoms. The van der Waals surface area contributed by atoms with Crippen LogP contribution in [0.2, 0.25) is 0 Å². The molecule has 22 heavy (non-hydrogen) atoms. The van der Waals surface area contributed by atoms with E-state index in [1.807, 2.05) is 12.1 Å². The molecule has 118 valence electrons. The van der Waals surface area contributed by atoms with E-state index in [0.29, 0.717) is 11.6 Å². The molecule has 5 nitrogen and oxygen atoms in total. The molecule has 0 bridgehead atoms. The fourth-order valence-electron chi connectivity index (χ4n) is 2.41. The number of pyridine rings is 1. The van der Waals surface area contributed by atoms with Crippen molar-refractivity contribution in [1.82, 2.24) is 15.3 Å². The van der Waals surface area contributed by atoms with Crippen LogP contribution in [-0.4, -0.2) is 15.9 Å². The summed E-state index contributed by atoms with van der Waals surface area (Å²) in [6.07, 6.45) is 4.31. The number of nitrogens with zero attached hydrogens (tertiary/aromatic N) is 2. The maximum Gasteiger partial charge on any atom is 0.289 e. The SMILES string of the molecule is Cc1nc(C)c(C(=O)N[C@@H](CC(C)(C)C)c2cccnc2)o1. The fraction of sp³-hybridized carbons (Fsp3) is 0.471. The third-order valence-corrected chi connectivity index (χ3v) is 3.32. The fourth-order valence-corrected chi connectivity index (χ4v) is 2.41. The minimum absolute atomic E-state index is 0.0696. The smallest absolute Gasteiger partial charge is 0.289 e. The number of nitrogens with one attached hydrogen (secondary N) is 1. The van der Waals surface area contributed by atoms with Crippen molar-refractivity contribution < 1.29 is 9.21 Å². The van der Waals surface area contributed by atoms with Gasteiger partial charge in [0.25, 0.3) is 5.91 Å². The molecule has 2 aromatic rings. The third-order valence-electron chi connectivity index (χ3n) is 3.32. The largest absolute Gasteiger partial charge is 0.436 e. The summed E-state index contributed by atoms with van der Waals surface area (Å²) in [6.45, 7) is 9.94. The lowest BCUT2D eigenvalue weighted by Gasteiger charge is -2.26. The average Bonchev–Trinajstić information content (AvgIpc) is 2.76. The molecule has 0 aromatic carbocycles. The van der Waals surface area contributed by atoms with E-state index < -0.39 is 0 Å². The lowest BCUT2D eigenvalue weighted by atomic mass is 9.86. The third kappa shape index (κ3) is 4.16. The Hall–Kier alpha value is -2.17. The standard InChI is InChI=1S/C17H23N3O2/c1-11-15(22-12(2)19-11)16(21)20-14(9-17(3,4)5)13-7-6-8-18-10-13/h6-8,10,14H,9H2,1-5H3,(H,20,21)/t14-/m0/s1. The van der Waals surface area contributed by atoms with Crippen molar-refractivity contribution in [3.05, 3.63) is 47.4 Å². The van der Waals surface area contributed by atoms with Crippen LogP contribution in [0.5, 0.6) is 0 Å². The summed E-state index contributed by atoms with van der Waals surface area (Å²) in [5.74, 6) is 0.535. The molecule has 0 unspecified atom stereocenters. The van der Waals surface area contributed by atoms with Crippen molar-refractivity contribution in [2.45, 2.75) is 47.1 Å². The number of rotatable bonds is 4. The van der Waals surface area contributed by atoms with Gasteiger partial charge in [0, 0.05) is 19.3 Å². The molecule has 0 radical (unpaired) electrons. The summed E-state index contributed by atoms with van der Waals surface area (Å²) >= 11 is 0. The van der Waals surface area contributed by atoms with Crippen LogP contribution in [-0.2, 0) is 0 Å². The Labute approximate surface area is 131 Å². The van der Waals surface area contributed by atoms with E-state index in [1.54, 1.807) is 26.2 Å². The van der Waals surface area contributed by atoms with Crippen LogP contribution < -0.4 is 5.32 Å². The molecule has 0 saturated heterocycles. The van der Waals surface area contributed by atoms with Gasteiger partial charge in [0.2, 0.25) is 5.76 Å². The highest BCUT2D eigenvalue weighted by molar-refractivity contribution is 5.92. The first kappa shape index (κ1) is 16.2. The predicted octanol–water partition coefficient (Wildman–Crippen LogP) is 3.59. The van der Waals surface area contributed by atoms with Crippen molar-refractivity contribution in [1.29, 1.82) is 0 Å². The highest BCUT2D eigenvalue weighted by Crippen LogP contribution is 2.29. The van der Waals surface area contributed by atoms with Crippen LogP contribution in [0.15, 0.2) is 28.9 Å². The van der Waals surface area contributed by atoms with Crippen molar-refractivity contribution in [3.63, 3.8) is 0 Å². The maximum atomic E-state index is 12.5. The number of hydrogen-bond donors (Lipinski definition) is 1. The molecule has 2 rings (SSSR count). The Morgan fingerprint density at radius 3 is 2.59 bits per heavy atom. The Balaban J connectivity index is 2.23. The van der Waals surface area contributed by atoms with E-state index in [4.69, 9.17) is 4.42 Å². The van der Waals surface area contributed by atoms with E-state index >= 15 is 0 Å². The summed E-state index contributed by atoms with van der Waals surface area (Å²) in [5.41, 5.74) is 1.66. The number of amides is 1. The molecule has 0 saturated carbocycles. The van der Waals surface area contributed by atoms with Gasteiger partial charge < -0.3 is 9.73 Å². The summed E-state index contributed by atoms with van der Waals surface area (Å²) < 4.78 is 5.40. The maximum absolute atomic E-state index is 12.5. The zero-order valence-electron chi connectivity index (χ0n) is 13.8. The Morgan fingerprint density at radius 2 is 2.09 bits per heavy atom. The molecule has 1 N–H and O–H groups in total. The Bertz CT molecular complexity index is 642. The summed E-state index contributed by atoms with van der Waals surface area (Å²) in [6, 6.07) is 3.73. The summed E-state index contributed by atoms with van der Waals surface area (Å²) in [7, 11) is 0. The molecule has 1 atom stereocenters. The first-order valence-corrected chi connectivity index (χ1v) is 7.41. The second kappa shape index (κ2) is 6.30. The quantitative estimate of drug-likeness (QED) is 0.937. The van der Waals surface area contributed by atoms with Gasteiger partial charge in [-0.25, -0.2) is 4.98 Å².